The van der Waals surface area contributed by atoms with Gasteiger partial charge in [0.15, 0.2) is 0 Å². The van der Waals surface area contributed by atoms with Crippen LogP contribution in [0.3, 0.4) is 0 Å². The molecule has 0 fully saturated rings. The predicted molar refractivity (Wildman–Crippen MR) is 83.1 cm³/mol. The van der Waals surface area contributed by atoms with Crippen molar-refractivity contribution in [3.05, 3.63) is 63.9 Å². The number of amides is 1. The van der Waals surface area contributed by atoms with E-state index in [1.807, 2.05) is 0 Å². The van der Waals surface area contributed by atoms with E-state index in [1.54, 1.807) is 19.1 Å². The Hall–Kier alpha value is -2.02. The Morgan fingerprint density at radius 2 is 1.96 bits per heavy atom. The molecule has 0 bridgehead atoms. The average Bonchev–Trinajstić information content (AvgIpc) is 2.45. The number of carbonyl (C=O) groups excluding carboxylic acids is 1. The smallest absolute Gasteiger partial charge is 0.387 e. The van der Waals surface area contributed by atoms with Gasteiger partial charge in [0, 0.05) is 10.0 Å². The summed E-state index contributed by atoms with van der Waals surface area (Å²) in [6.45, 7) is -1.23. The van der Waals surface area contributed by atoms with E-state index < -0.39 is 24.4 Å². The van der Waals surface area contributed by atoms with Crippen LogP contribution < -0.4 is 10.1 Å². The topological polar surface area (TPSA) is 38.3 Å². The standard InChI is InChI=1S/C16H13BrF3NO2/c1-9(10-3-2-4-14(7-10)23-16(19)20)21-15(22)11-5-12(17)8-13(18)6-11/h2-9,16H,1H3,(H,21,22). The van der Waals surface area contributed by atoms with Crippen LogP contribution in [0.15, 0.2) is 46.9 Å². The van der Waals surface area contributed by atoms with Gasteiger partial charge in [0.05, 0.1) is 6.04 Å². The lowest BCUT2D eigenvalue weighted by Crippen LogP contribution is -2.26. The highest BCUT2D eigenvalue weighted by Crippen LogP contribution is 2.21. The first kappa shape index (κ1) is 17.3. The molecule has 0 heterocycles. The normalized spacial score (nSPS) is 12.1. The molecule has 23 heavy (non-hydrogen) atoms. The molecule has 1 N–H and O–H groups in total. The zero-order valence-electron chi connectivity index (χ0n) is 12.0. The van der Waals surface area contributed by atoms with E-state index in [0.717, 1.165) is 6.07 Å². The first-order valence-electron chi connectivity index (χ1n) is 6.67. The second kappa shape index (κ2) is 7.50. The summed E-state index contributed by atoms with van der Waals surface area (Å²) in [5.41, 5.74) is 0.746. The van der Waals surface area contributed by atoms with Crippen molar-refractivity contribution in [3.63, 3.8) is 0 Å². The number of rotatable bonds is 5. The molecule has 1 unspecified atom stereocenters. The molecule has 1 atom stereocenters. The lowest BCUT2D eigenvalue weighted by Gasteiger charge is -2.16. The van der Waals surface area contributed by atoms with Crippen molar-refractivity contribution in [2.45, 2.75) is 19.6 Å². The maximum absolute atomic E-state index is 13.3. The zero-order valence-corrected chi connectivity index (χ0v) is 13.6. The Balaban J connectivity index is 2.11. The summed E-state index contributed by atoms with van der Waals surface area (Å²) >= 11 is 3.12. The number of carbonyl (C=O) groups is 1. The van der Waals surface area contributed by atoms with Crippen molar-refractivity contribution in [2.24, 2.45) is 0 Å². The van der Waals surface area contributed by atoms with E-state index in [0.29, 0.717) is 10.0 Å². The predicted octanol–water partition coefficient (Wildman–Crippen LogP) is 4.68. The summed E-state index contributed by atoms with van der Waals surface area (Å²) in [5, 5.41) is 2.68. The molecule has 0 spiro atoms. The van der Waals surface area contributed by atoms with Gasteiger partial charge in [-0.15, -0.1) is 0 Å². The van der Waals surface area contributed by atoms with Gasteiger partial charge in [-0.3, -0.25) is 4.79 Å². The molecule has 7 heteroatoms. The molecule has 0 saturated heterocycles. The molecule has 3 nitrogen and oxygen atoms in total. The van der Waals surface area contributed by atoms with Crippen LogP contribution in [0.2, 0.25) is 0 Å². The quantitative estimate of drug-likeness (QED) is 0.808. The number of halogens is 4. The number of benzene rings is 2. The van der Waals surface area contributed by atoms with Gasteiger partial charge in [0.1, 0.15) is 11.6 Å². The lowest BCUT2D eigenvalue weighted by molar-refractivity contribution is -0.0499. The molecule has 2 aromatic carbocycles. The van der Waals surface area contributed by atoms with Crippen LogP contribution >= 0.6 is 15.9 Å². The third kappa shape index (κ3) is 4.99. The molecule has 1 amide bonds. The summed E-state index contributed by atoms with van der Waals surface area (Å²) in [6, 6.07) is 9.41. The fraction of sp³-hybridized carbons (Fsp3) is 0.188. The summed E-state index contributed by atoms with van der Waals surface area (Å²) in [4.78, 5) is 12.1. The lowest BCUT2D eigenvalue weighted by atomic mass is 10.1. The van der Waals surface area contributed by atoms with Crippen molar-refractivity contribution in [1.29, 1.82) is 0 Å². The van der Waals surface area contributed by atoms with Gasteiger partial charge in [-0.25, -0.2) is 4.39 Å². The van der Waals surface area contributed by atoms with Crippen LogP contribution in [-0.4, -0.2) is 12.5 Å². The molecule has 0 aliphatic carbocycles. The first-order valence-corrected chi connectivity index (χ1v) is 7.46. The van der Waals surface area contributed by atoms with Crippen LogP contribution in [0.4, 0.5) is 13.2 Å². The Bertz CT molecular complexity index is 689. The largest absolute Gasteiger partial charge is 0.435 e. The second-order valence-electron chi connectivity index (χ2n) is 4.80. The Morgan fingerprint density at radius 1 is 1.22 bits per heavy atom. The number of ether oxygens (including phenoxy) is 1. The van der Waals surface area contributed by atoms with Crippen molar-refractivity contribution >= 4 is 21.8 Å². The highest BCUT2D eigenvalue weighted by Gasteiger charge is 2.14. The number of nitrogens with one attached hydrogen (secondary N) is 1. The number of hydrogen-bond donors (Lipinski definition) is 1. The highest BCUT2D eigenvalue weighted by atomic mass is 79.9. The minimum atomic E-state index is -2.92. The molecule has 2 aromatic rings. The Morgan fingerprint density at radius 3 is 2.61 bits per heavy atom. The fourth-order valence-electron chi connectivity index (χ4n) is 2.01. The van der Waals surface area contributed by atoms with Crippen molar-refractivity contribution in [3.8, 4) is 5.75 Å². The van der Waals surface area contributed by atoms with Crippen LogP contribution in [0.1, 0.15) is 28.9 Å². The van der Waals surface area contributed by atoms with Gasteiger partial charge >= 0.3 is 6.61 Å². The Labute approximate surface area is 139 Å². The minimum Gasteiger partial charge on any atom is -0.435 e. The van der Waals surface area contributed by atoms with Gasteiger partial charge in [-0.05, 0) is 42.8 Å². The molecule has 2 rings (SSSR count). The number of hydrogen-bond acceptors (Lipinski definition) is 2. The maximum atomic E-state index is 13.3. The van der Waals surface area contributed by atoms with E-state index >= 15 is 0 Å². The molecule has 122 valence electrons. The third-order valence-corrected chi connectivity index (χ3v) is 3.51. The van der Waals surface area contributed by atoms with Crippen molar-refractivity contribution < 1.29 is 22.7 Å². The van der Waals surface area contributed by atoms with E-state index in [1.165, 1.54) is 24.3 Å². The van der Waals surface area contributed by atoms with Crippen LogP contribution in [-0.2, 0) is 0 Å². The minimum absolute atomic E-state index is 0.00657. The van der Waals surface area contributed by atoms with Crippen molar-refractivity contribution in [1.82, 2.24) is 5.32 Å². The van der Waals surface area contributed by atoms with Gasteiger partial charge in [0.25, 0.3) is 5.91 Å². The summed E-state index contributed by atoms with van der Waals surface area (Å²) in [6.07, 6.45) is 0. The van der Waals surface area contributed by atoms with E-state index in [9.17, 15) is 18.0 Å². The van der Waals surface area contributed by atoms with Crippen LogP contribution in [0.25, 0.3) is 0 Å². The Kier molecular flexibility index (Phi) is 5.65. The van der Waals surface area contributed by atoms with Crippen LogP contribution in [0.5, 0.6) is 5.75 Å². The molecular weight excluding hydrogens is 375 g/mol. The maximum Gasteiger partial charge on any atom is 0.387 e. The monoisotopic (exact) mass is 387 g/mol. The molecule has 0 saturated carbocycles. The summed E-state index contributed by atoms with van der Waals surface area (Å²) < 4.78 is 42.6. The SMILES string of the molecule is CC(NC(=O)c1cc(F)cc(Br)c1)c1cccc(OC(F)F)c1. The van der Waals surface area contributed by atoms with Gasteiger partial charge in [0.2, 0.25) is 0 Å². The first-order chi connectivity index (χ1) is 10.8. The zero-order chi connectivity index (χ0) is 17.0. The second-order valence-corrected chi connectivity index (χ2v) is 5.72. The van der Waals surface area contributed by atoms with Gasteiger partial charge < -0.3 is 10.1 Å². The highest BCUT2D eigenvalue weighted by molar-refractivity contribution is 9.10. The van der Waals surface area contributed by atoms with Crippen molar-refractivity contribution in [2.75, 3.05) is 0 Å². The molecule has 0 aliphatic rings. The van der Waals surface area contributed by atoms with Gasteiger partial charge in [-0.2, -0.15) is 8.78 Å². The summed E-state index contributed by atoms with van der Waals surface area (Å²) in [7, 11) is 0. The molecule has 0 radical (unpaired) electrons. The fourth-order valence-corrected chi connectivity index (χ4v) is 2.47. The van der Waals surface area contributed by atoms with E-state index in [2.05, 4.69) is 26.0 Å². The molecule has 0 aromatic heterocycles. The van der Waals surface area contributed by atoms with E-state index in [-0.39, 0.29) is 11.3 Å². The molecular formula is C16H13BrF3NO2. The van der Waals surface area contributed by atoms with Gasteiger partial charge in [-0.1, -0.05) is 28.1 Å². The average molecular weight is 388 g/mol. The molecule has 0 aliphatic heterocycles. The summed E-state index contributed by atoms with van der Waals surface area (Å²) in [5.74, 6) is -1.01. The van der Waals surface area contributed by atoms with E-state index in [4.69, 9.17) is 0 Å². The number of alkyl halides is 2. The van der Waals surface area contributed by atoms with Crippen LogP contribution in [0, 0.1) is 5.82 Å². The third-order valence-electron chi connectivity index (χ3n) is 3.06.